The maximum atomic E-state index is 12.6. The van der Waals surface area contributed by atoms with Crippen LogP contribution in [0.15, 0.2) is 55.0 Å². The molecule has 1 aliphatic rings. The highest BCUT2D eigenvalue weighted by atomic mass is 35.5. The lowest BCUT2D eigenvalue weighted by Gasteiger charge is -2.34. The summed E-state index contributed by atoms with van der Waals surface area (Å²) in [4.78, 5) is 29.3. The Balaban J connectivity index is 1.36. The van der Waals surface area contributed by atoms with Gasteiger partial charge in [0.25, 0.3) is 5.91 Å². The van der Waals surface area contributed by atoms with Gasteiger partial charge in [0.05, 0.1) is 5.56 Å². The quantitative estimate of drug-likeness (QED) is 0.598. The molecule has 2 aromatic heterocycles. The SMILES string of the molecule is O=C(c1cccnc1)N1CCN(c2nccc(OCc3ccc(Cl)cc3Cl)n2)CC1. The van der Waals surface area contributed by atoms with Crippen molar-refractivity contribution in [1.82, 2.24) is 19.9 Å². The van der Waals surface area contributed by atoms with E-state index in [2.05, 4.69) is 15.0 Å². The van der Waals surface area contributed by atoms with Gasteiger partial charge in [-0.1, -0.05) is 29.3 Å². The zero-order valence-electron chi connectivity index (χ0n) is 16.0. The van der Waals surface area contributed by atoms with Crippen LogP contribution in [-0.2, 0) is 6.61 Å². The first-order chi connectivity index (χ1) is 14.6. The monoisotopic (exact) mass is 443 g/mol. The topological polar surface area (TPSA) is 71.5 Å². The molecule has 1 fully saturated rings. The van der Waals surface area contributed by atoms with Gasteiger partial charge in [0.15, 0.2) is 0 Å². The van der Waals surface area contributed by atoms with E-state index in [4.69, 9.17) is 27.9 Å². The van der Waals surface area contributed by atoms with Gasteiger partial charge in [-0.05, 0) is 24.3 Å². The van der Waals surface area contributed by atoms with Gasteiger partial charge in [-0.3, -0.25) is 9.78 Å². The molecule has 9 heteroatoms. The van der Waals surface area contributed by atoms with Crippen LogP contribution >= 0.6 is 23.2 Å². The summed E-state index contributed by atoms with van der Waals surface area (Å²) in [6.07, 6.45) is 4.90. The average Bonchev–Trinajstić information content (AvgIpc) is 2.79. The standard InChI is InChI=1S/C21H19Cl2N5O2/c22-17-4-3-16(18(23)12-17)14-30-19-5-7-25-21(26-19)28-10-8-27(9-11-28)20(29)15-2-1-6-24-13-15/h1-7,12-13H,8-11,14H2. The van der Waals surface area contributed by atoms with Crippen molar-refractivity contribution < 1.29 is 9.53 Å². The molecule has 1 aromatic carbocycles. The van der Waals surface area contributed by atoms with Crippen LogP contribution in [-0.4, -0.2) is 51.9 Å². The molecule has 0 spiro atoms. The Morgan fingerprint density at radius 1 is 1.07 bits per heavy atom. The number of ether oxygens (including phenoxy) is 1. The van der Waals surface area contributed by atoms with Gasteiger partial charge in [0.1, 0.15) is 6.61 Å². The Hall–Kier alpha value is -2.90. The Morgan fingerprint density at radius 3 is 2.63 bits per heavy atom. The molecule has 1 saturated heterocycles. The van der Waals surface area contributed by atoms with Gasteiger partial charge < -0.3 is 14.5 Å². The molecular formula is C21H19Cl2N5O2. The summed E-state index contributed by atoms with van der Waals surface area (Å²) in [6, 6.07) is 10.5. The van der Waals surface area contributed by atoms with Crippen molar-refractivity contribution in [2.24, 2.45) is 0 Å². The Kier molecular flexibility index (Phi) is 6.30. The second kappa shape index (κ2) is 9.28. The third-order valence-electron chi connectivity index (χ3n) is 4.77. The molecule has 0 unspecified atom stereocenters. The summed E-state index contributed by atoms with van der Waals surface area (Å²) >= 11 is 12.1. The maximum Gasteiger partial charge on any atom is 0.255 e. The number of nitrogens with zero attached hydrogens (tertiary/aromatic N) is 5. The lowest BCUT2D eigenvalue weighted by Crippen LogP contribution is -2.49. The van der Waals surface area contributed by atoms with E-state index >= 15 is 0 Å². The molecule has 0 N–H and O–H groups in total. The van der Waals surface area contributed by atoms with E-state index in [0.29, 0.717) is 53.6 Å². The molecule has 4 rings (SSSR count). The lowest BCUT2D eigenvalue weighted by atomic mass is 10.2. The molecule has 1 aliphatic heterocycles. The summed E-state index contributed by atoms with van der Waals surface area (Å²) < 4.78 is 5.78. The van der Waals surface area contributed by atoms with Crippen LogP contribution in [0.25, 0.3) is 0 Å². The van der Waals surface area contributed by atoms with E-state index in [1.54, 1.807) is 48.9 Å². The molecule has 0 atom stereocenters. The van der Waals surface area contributed by atoms with Crippen LogP contribution < -0.4 is 9.64 Å². The molecule has 7 nitrogen and oxygen atoms in total. The minimum atomic E-state index is -0.0133. The van der Waals surface area contributed by atoms with E-state index in [1.807, 2.05) is 15.9 Å². The average molecular weight is 444 g/mol. The number of rotatable bonds is 5. The fraction of sp³-hybridized carbons (Fsp3) is 0.238. The highest BCUT2D eigenvalue weighted by Gasteiger charge is 2.23. The van der Waals surface area contributed by atoms with Crippen LogP contribution in [0.3, 0.4) is 0 Å². The summed E-state index contributed by atoms with van der Waals surface area (Å²) in [5.74, 6) is 1.02. The summed E-state index contributed by atoms with van der Waals surface area (Å²) in [7, 11) is 0. The Labute approximate surface area is 184 Å². The highest BCUT2D eigenvalue weighted by molar-refractivity contribution is 6.35. The van der Waals surface area contributed by atoms with E-state index in [9.17, 15) is 4.79 Å². The normalized spacial score (nSPS) is 13.9. The smallest absolute Gasteiger partial charge is 0.255 e. The van der Waals surface area contributed by atoms with E-state index in [1.165, 1.54) is 0 Å². The largest absolute Gasteiger partial charge is 0.473 e. The molecule has 30 heavy (non-hydrogen) atoms. The van der Waals surface area contributed by atoms with Crippen molar-refractivity contribution in [2.45, 2.75) is 6.61 Å². The number of hydrogen-bond acceptors (Lipinski definition) is 6. The van der Waals surface area contributed by atoms with Gasteiger partial charge in [-0.15, -0.1) is 0 Å². The van der Waals surface area contributed by atoms with Crippen molar-refractivity contribution in [2.75, 3.05) is 31.1 Å². The predicted octanol–water partition coefficient (Wildman–Crippen LogP) is 3.72. The number of benzene rings is 1. The second-order valence-electron chi connectivity index (χ2n) is 6.74. The minimum absolute atomic E-state index is 0.0133. The summed E-state index contributed by atoms with van der Waals surface area (Å²) in [5.41, 5.74) is 1.42. The van der Waals surface area contributed by atoms with Crippen LogP contribution in [0.2, 0.25) is 10.0 Å². The first-order valence-electron chi connectivity index (χ1n) is 9.44. The summed E-state index contributed by atoms with van der Waals surface area (Å²) in [5, 5.41) is 1.13. The van der Waals surface area contributed by atoms with Gasteiger partial charge >= 0.3 is 0 Å². The summed E-state index contributed by atoms with van der Waals surface area (Å²) in [6.45, 7) is 2.72. The molecule has 3 heterocycles. The second-order valence-corrected chi connectivity index (χ2v) is 7.58. The number of carbonyl (C=O) groups is 1. The zero-order valence-corrected chi connectivity index (χ0v) is 17.6. The lowest BCUT2D eigenvalue weighted by molar-refractivity contribution is 0.0745. The number of hydrogen-bond donors (Lipinski definition) is 0. The van der Waals surface area contributed by atoms with Crippen LogP contribution in [0, 0.1) is 0 Å². The molecule has 0 aliphatic carbocycles. The van der Waals surface area contributed by atoms with Crippen LogP contribution in [0.1, 0.15) is 15.9 Å². The first-order valence-corrected chi connectivity index (χ1v) is 10.2. The maximum absolute atomic E-state index is 12.6. The number of aromatic nitrogens is 3. The number of amides is 1. The van der Waals surface area contributed by atoms with Crippen molar-refractivity contribution >= 4 is 35.1 Å². The molecule has 3 aromatic rings. The molecule has 0 saturated carbocycles. The Bertz CT molecular complexity index is 1030. The number of carbonyl (C=O) groups excluding carboxylic acids is 1. The fourth-order valence-corrected chi connectivity index (χ4v) is 3.60. The third kappa shape index (κ3) is 4.80. The van der Waals surface area contributed by atoms with Crippen molar-refractivity contribution in [3.8, 4) is 5.88 Å². The molecule has 0 bridgehead atoms. The van der Waals surface area contributed by atoms with Gasteiger partial charge in [0, 0.05) is 66.4 Å². The van der Waals surface area contributed by atoms with Crippen molar-refractivity contribution in [1.29, 1.82) is 0 Å². The number of anilines is 1. The minimum Gasteiger partial charge on any atom is -0.473 e. The van der Waals surface area contributed by atoms with Gasteiger partial charge in [0.2, 0.25) is 11.8 Å². The van der Waals surface area contributed by atoms with Crippen LogP contribution in [0.5, 0.6) is 5.88 Å². The number of pyridine rings is 1. The Morgan fingerprint density at radius 2 is 1.90 bits per heavy atom. The molecule has 0 radical (unpaired) electrons. The van der Waals surface area contributed by atoms with Gasteiger partial charge in [-0.25, -0.2) is 4.98 Å². The van der Waals surface area contributed by atoms with Crippen LogP contribution in [0.4, 0.5) is 5.95 Å². The van der Waals surface area contributed by atoms with Crippen molar-refractivity contribution in [3.63, 3.8) is 0 Å². The molecule has 154 valence electrons. The predicted molar refractivity (Wildman–Crippen MR) is 115 cm³/mol. The zero-order chi connectivity index (χ0) is 20.9. The van der Waals surface area contributed by atoms with E-state index < -0.39 is 0 Å². The van der Waals surface area contributed by atoms with Gasteiger partial charge in [-0.2, -0.15) is 4.98 Å². The molecular weight excluding hydrogens is 425 g/mol. The number of halogens is 2. The fourth-order valence-electron chi connectivity index (χ4n) is 3.14. The van der Waals surface area contributed by atoms with E-state index in [0.717, 1.165) is 5.56 Å². The van der Waals surface area contributed by atoms with E-state index in [-0.39, 0.29) is 12.5 Å². The number of piperazine rings is 1. The third-order valence-corrected chi connectivity index (χ3v) is 5.35. The highest BCUT2D eigenvalue weighted by Crippen LogP contribution is 2.23. The first kappa shape index (κ1) is 20.4. The van der Waals surface area contributed by atoms with Crippen molar-refractivity contribution in [3.05, 3.63) is 76.2 Å². The molecule has 1 amide bonds.